The lowest BCUT2D eigenvalue weighted by Crippen LogP contribution is -2.41. The Labute approximate surface area is 222 Å². The van der Waals surface area contributed by atoms with E-state index in [9.17, 15) is 9.59 Å². The number of hydrazine groups is 2. The summed E-state index contributed by atoms with van der Waals surface area (Å²) in [7, 11) is 6.60. The number of carbonyl (C=O) groups is 2. The highest BCUT2D eigenvalue weighted by Gasteiger charge is 2.32. The largest absolute Gasteiger partial charge is 0.497 e. The van der Waals surface area contributed by atoms with Crippen molar-refractivity contribution in [3.05, 3.63) is 76.9 Å². The molecule has 0 bridgehead atoms. The molecule has 3 aromatic carbocycles. The lowest BCUT2D eigenvalue weighted by molar-refractivity contribution is -0.140. The second kappa shape index (κ2) is 10.6. The average molecular weight is 517 g/mol. The number of hydrogen-bond donors (Lipinski definition) is 1. The third-order valence-corrected chi connectivity index (χ3v) is 7.11. The first kappa shape index (κ1) is 25.4. The first-order chi connectivity index (χ1) is 18.4. The predicted molar refractivity (Wildman–Crippen MR) is 145 cm³/mol. The molecule has 0 saturated carbocycles. The maximum absolute atomic E-state index is 13.2. The van der Waals surface area contributed by atoms with Crippen molar-refractivity contribution >= 4 is 28.9 Å². The number of amides is 1. The second-order valence-corrected chi connectivity index (χ2v) is 9.36. The van der Waals surface area contributed by atoms with Gasteiger partial charge >= 0.3 is 5.97 Å². The lowest BCUT2D eigenvalue weighted by atomic mass is 9.96. The van der Waals surface area contributed by atoms with E-state index < -0.39 is 0 Å². The fraction of sp³-hybridized carbons (Fsp3) is 0.310. The van der Waals surface area contributed by atoms with Crippen LogP contribution in [0.2, 0.25) is 0 Å². The van der Waals surface area contributed by atoms with E-state index in [0.717, 1.165) is 46.1 Å². The molecule has 0 aliphatic carbocycles. The molecule has 2 aliphatic rings. The van der Waals surface area contributed by atoms with E-state index in [1.165, 1.54) is 12.7 Å². The minimum absolute atomic E-state index is 0.00747. The molecule has 2 aliphatic heterocycles. The molecule has 2 heterocycles. The molecule has 9 nitrogen and oxygen atoms in total. The normalized spacial score (nSPS) is 14.2. The highest BCUT2D eigenvalue weighted by molar-refractivity contribution is 5.94. The van der Waals surface area contributed by atoms with E-state index >= 15 is 0 Å². The van der Waals surface area contributed by atoms with Gasteiger partial charge in [-0.2, -0.15) is 0 Å². The zero-order valence-corrected chi connectivity index (χ0v) is 22.1. The van der Waals surface area contributed by atoms with Gasteiger partial charge in [-0.15, -0.1) is 5.53 Å². The Kier molecular flexibility index (Phi) is 7.11. The zero-order valence-electron chi connectivity index (χ0n) is 22.1. The summed E-state index contributed by atoms with van der Waals surface area (Å²) in [6, 6.07) is 17.5. The Bertz CT molecular complexity index is 1360. The first-order valence-electron chi connectivity index (χ1n) is 12.6. The van der Waals surface area contributed by atoms with Crippen LogP contribution < -0.4 is 25.0 Å². The molecule has 0 aromatic heterocycles. The van der Waals surface area contributed by atoms with Crippen molar-refractivity contribution < 1.29 is 23.8 Å². The number of esters is 1. The van der Waals surface area contributed by atoms with Crippen molar-refractivity contribution in [1.29, 1.82) is 0 Å². The van der Waals surface area contributed by atoms with Gasteiger partial charge in [0.05, 0.1) is 32.7 Å². The third-order valence-electron chi connectivity index (χ3n) is 7.11. The van der Waals surface area contributed by atoms with Crippen LogP contribution in [-0.2, 0) is 28.9 Å². The van der Waals surface area contributed by atoms with Gasteiger partial charge in [0.15, 0.2) is 0 Å². The quantitative estimate of drug-likeness (QED) is 0.472. The molecule has 1 amide bonds. The number of benzene rings is 3. The molecule has 198 valence electrons. The van der Waals surface area contributed by atoms with E-state index in [1.54, 1.807) is 26.4 Å². The van der Waals surface area contributed by atoms with Crippen LogP contribution in [0.5, 0.6) is 11.5 Å². The number of rotatable bonds is 7. The molecule has 5 rings (SSSR count). The number of anilines is 3. The van der Waals surface area contributed by atoms with Gasteiger partial charge in [-0.25, -0.2) is 0 Å². The topological polar surface area (TPSA) is 83.6 Å². The van der Waals surface area contributed by atoms with Crippen LogP contribution in [0.3, 0.4) is 0 Å². The van der Waals surface area contributed by atoms with E-state index in [-0.39, 0.29) is 11.9 Å². The fourth-order valence-corrected chi connectivity index (χ4v) is 5.13. The van der Waals surface area contributed by atoms with Gasteiger partial charge in [-0.1, -0.05) is 12.1 Å². The van der Waals surface area contributed by atoms with Crippen molar-refractivity contribution in [2.75, 3.05) is 44.9 Å². The summed E-state index contributed by atoms with van der Waals surface area (Å²) in [5.74, 6) is 1.21. The van der Waals surface area contributed by atoms with Crippen LogP contribution >= 0.6 is 0 Å². The maximum Gasteiger partial charge on any atom is 0.305 e. The molecule has 0 fully saturated rings. The smallest absolute Gasteiger partial charge is 0.305 e. The van der Waals surface area contributed by atoms with Gasteiger partial charge in [-0.05, 0) is 72.0 Å². The second-order valence-electron chi connectivity index (χ2n) is 9.36. The minimum Gasteiger partial charge on any atom is -0.497 e. The number of ether oxygens (including phenoxy) is 3. The number of fused-ring (bicyclic) bond motifs is 2. The molecule has 0 radical (unpaired) electrons. The molecule has 0 atom stereocenters. The Morgan fingerprint density at radius 1 is 0.974 bits per heavy atom. The molecule has 1 N–H and O–H groups in total. The molecule has 3 aromatic rings. The molecule has 9 heteroatoms. The Morgan fingerprint density at radius 3 is 2.47 bits per heavy atom. The standard InChI is InChI=1S/C29H32N4O5/c1-31-28-25(16-19(17-26(28)37-3)8-13-27(34)38-4)33(30-31)24-7-5-6-21-18-32(15-14-23(21)24)29(35)20-9-11-22(36-2)12-10-20/h5-7,9-12,16-17,30H,8,13-15,18H2,1-4H3. The summed E-state index contributed by atoms with van der Waals surface area (Å²) in [6.45, 7) is 1.15. The number of carbonyl (C=O) groups excluding carboxylic acids is 2. The van der Waals surface area contributed by atoms with Crippen LogP contribution in [0, 0.1) is 0 Å². The Hall–Kier alpha value is -4.24. The highest BCUT2D eigenvalue weighted by atomic mass is 16.5. The zero-order chi connectivity index (χ0) is 26.8. The van der Waals surface area contributed by atoms with Crippen molar-refractivity contribution in [2.24, 2.45) is 0 Å². The summed E-state index contributed by atoms with van der Waals surface area (Å²) < 4.78 is 15.8. The van der Waals surface area contributed by atoms with E-state index in [4.69, 9.17) is 14.2 Å². The van der Waals surface area contributed by atoms with Crippen molar-refractivity contribution in [1.82, 2.24) is 10.4 Å². The Morgan fingerprint density at radius 2 is 1.76 bits per heavy atom. The van der Waals surface area contributed by atoms with Crippen LogP contribution in [0.15, 0.2) is 54.6 Å². The fourth-order valence-electron chi connectivity index (χ4n) is 5.13. The maximum atomic E-state index is 13.2. The average Bonchev–Trinajstić information content (AvgIpc) is 3.30. The van der Waals surface area contributed by atoms with Gasteiger partial charge in [0.1, 0.15) is 17.2 Å². The SMILES string of the molecule is COC(=O)CCc1cc(OC)c2c(c1)N(c1cccc3c1CCN(C(=O)c1ccc(OC)cc1)C3)NN2C. The number of aryl methyl sites for hydroxylation is 1. The summed E-state index contributed by atoms with van der Waals surface area (Å²) in [5, 5.41) is 3.99. The first-order valence-corrected chi connectivity index (χ1v) is 12.6. The minimum atomic E-state index is -0.248. The van der Waals surface area contributed by atoms with Crippen LogP contribution in [-0.4, -0.2) is 51.7 Å². The van der Waals surface area contributed by atoms with Gasteiger partial charge in [0.25, 0.3) is 5.91 Å². The van der Waals surface area contributed by atoms with Gasteiger partial charge in [0, 0.05) is 32.1 Å². The number of nitrogens with one attached hydrogen (secondary N) is 1. The van der Waals surface area contributed by atoms with Gasteiger partial charge in [0.2, 0.25) is 0 Å². The highest BCUT2D eigenvalue weighted by Crippen LogP contribution is 2.46. The Balaban J connectivity index is 1.43. The van der Waals surface area contributed by atoms with Crippen molar-refractivity contribution in [3.8, 4) is 11.5 Å². The number of nitrogens with zero attached hydrogens (tertiary/aromatic N) is 3. The molecular formula is C29H32N4O5. The van der Waals surface area contributed by atoms with Crippen LogP contribution in [0.4, 0.5) is 17.1 Å². The summed E-state index contributed by atoms with van der Waals surface area (Å²) in [4.78, 5) is 26.8. The predicted octanol–water partition coefficient (Wildman–Crippen LogP) is 4.02. The lowest BCUT2D eigenvalue weighted by Gasteiger charge is -2.32. The van der Waals surface area contributed by atoms with E-state index in [1.807, 2.05) is 41.2 Å². The van der Waals surface area contributed by atoms with E-state index in [0.29, 0.717) is 31.5 Å². The van der Waals surface area contributed by atoms with Crippen LogP contribution in [0.1, 0.15) is 33.5 Å². The monoisotopic (exact) mass is 516 g/mol. The molecule has 0 spiro atoms. The van der Waals surface area contributed by atoms with E-state index in [2.05, 4.69) is 28.7 Å². The molecule has 0 unspecified atom stereocenters. The summed E-state index contributed by atoms with van der Waals surface area (Å²) in [5.41, 5.74) is 10.3. The van der Waals surface area contributed by atoms with Crippen molar-refractivity contribution in [2.45, 2.75) is 25.8 Å². The summed E-state index contributed by atoms with van der Waals surface area (Å²) >= 11 is 0. The number of methoxy groups -OCH3 is 3. The molecule has 0 saturated heterocycles. The van der Waals surface area contributed by atoms with Gasteiger partial charge < -0.3 is 19.1 Å². The molecular weight excluding hydrogens is 484 g/mol. The third kappa shape index (κ3) is 4.72. The number of hydrogen-bond acceptors (Lipinski definition) is 8. The molecule has 38 heavy (non-hydrogen) atoms. The summed E-state index contributed by atoms with van der Waals surface area (Å²) in [6.07, 6.45) is 1.56. The van der Waals surface area contributed by atoms with Crippen LogP contribution in [0.25, 0.3) is 0 Å². The van der Waals surface area contributed by atoms with Gasteiger partial charge in [-0.3, -0.25) is 19.6 Å². The van der Waals surface area contributed by atoms with Crippen molar-refractivity contribution in [3.63, 3.8) is 0 Å².